The third kappa shape index (κ3) is 14.4. The summed E-state index contributed by atoms with van der Waals surface area (Å²) in [5.74, 6) is -2.76. The molecule has 0 aliphatic carbocycles. The Balaban J connectivity index is 1.55. The zero-order chi connectivity index (χ0) is 47.3. The Morgan fingerprint density at radius 2 is 1.52 bits per heavy atom. The number of oxime groups is 1. The van der Waals surface area contributed by atoms with E-state index in [1.165, 1.54) is 19.2 Å². The van der Waals surface area contributed by atoms with E-state index in [4.69, 9.17) is 23.8 Å². The van der Waals surface area contributed by atoms with Gasteiger partial charge in [-0.1, -0.05) is 17.3 Å². The molecule has 21 nitrogen and oxygen atoms in total. The highest BCUT2D eigenvalue weighted by Gasteiger charge is 2.52. The van der Waals surface area contributed by atoms with Crippen LogP contribution in [0.3, 0.4) is 0 Å². The Kier molecular flexibility index (Phi) is 15.3. The van der Waals surface area contributed by atoms with Gasteiger partial charge in [0.15, 0.2) is 17.9 Å². The minimum absolute atomic E-state index is 0.00927. The smallest absolute Gasteiger partial charge is 0.413 e. The molecule has 0 spiro atoms. The van der Waals surface area contributed by atoms with Crippen LogP contribution in [0, 0.1) is 0 Å². The van der Waals surface area contributed by atoms with Gasteiger partial charge in [-0.15, -0.1) is 16.0 Å². The number of thiazole rings is 1. The molecule has 0 bridgehead atoms. The van der Waals surface area contributed by atoms with Crippen molar-refractivity contribution in [1.29, 1.82) is 0 Å². The Morgan fingerprint density at radius 1 is 0.921 bits per heavy atom. The summed E-state index contributed by atoms with van der Waals surface area (Å²) in [5, 5.41) is 12.9. The van der Waals surface area contributed by atoms with Crippen LogP contribution in [0.15, 0.2) is 47.2 Å². The predicted octanol–water partition coefficient (Wildman–Crippen LogP) is 4.12. The molecular weight excluding hydrogens is 865 g/mol. The summed E-state index contributed by atoms with van der Waals surface area (Å²) in [4.78, 5) is 74.7. The Labute approximate surface area is 370 Å². The number of anilines is 1. The van der Waals surface area contributed by atoms with E-state index in [0.29, 0.717) is 25.3 Å². The van der Waals surface area contributed by atoms with Crippen LogP contribution in [0.1, 0.15) is 88.3 Å². The van der Waals surface area contributed by atoms with Crippen molar-refractivity contribution in [3.63, 3.8) is 0 Å². The van der Waals surface area contributed by atoms with Gasteiger partial charge in [-0.2, -0.15) is 13.1 Å². The van der Waals surface area contributed by atoms with Crippen molar-refractivity contribution in [1.82, 2.24) is 24.6 Å². The summed E-state index contributed by atoms with van der Waals surface area (Å²) in [6, 6.07) is 4.45. The van der Waals surface area contributed by atoms with Gasteiger partial charge in [0.05, 0.1) is 24.3 Å². The SMILES string of the molecule is C[C@@H]1[C@H](NC(=O)C(=NOC(C)(COc2ccc(-c3cn(CCCNC(=O)OC(C)(C)C)[n+](C)c3)cc2)C(=O)OC(C)(C)C)c2csc(NC(=O)OC(C)(C)C)n2)C(=O)N1S(=O)(=O)O. The standard InChI is InChI=1S/C40H56N8O13S2/c1-24-29(32(50)48(24)63(54,55)56)43-31(49)30(28-22-62-34(42-28)44-36(53)60-39(8,9)10)45-61-40(11,33(51)58-37(2,3)4)23-57-27-16-14-25(15-17-27)26-20-46(12)47(21-26)19-13-18-41-35(52)59-38(5,6)7/h14-17,20-22,24,29H,13,18-19,23H2,1-12H3,(H3-,41,42,43,44,49,52,53,54,55,56)/p+1/t24-,29+,40?/m1/s1. The maximum atomic E-state index is 13.8. The molecule has 1 saturated heterocycles. The summed E-state index contributed by atoms with van der Waals surface area (Å²) in [5.41, 5.74) is -3.41. The fraction of sp³-hybridized carbons (Fsp3) is 0.550. The lowest BCUT2D eigenvalue weighted by molar-refractivity contribution is -0.753. The first kappa shape index (κ1) is 49.8. The van der Waals surface area contributed by atoms with Gasteiger partial charge in [-0.25, -0.2) is 23.7 Å². The molecule has 2 aromatic heterocycles. The van der Waals surface area contributed by atoms with Gasteiger partial charge in [-0.05, 0) is 100 Å². The highest BCUT2D eigenvalue weighted by atomic mass is 32.2. The first-order valence-corrected chi connectivity index (χ1v) is 22.1. The maximum Gasteiger partial charge on any atom is 0.413 e. The van der Waals surface area contributed by atoms with Gasteiger partial charge in [0.1, 0.15) is 40.9 Å². The van der Waals surface area contributed by atoms with E-state index in [0.717, 1.165) is 22.5 Å². The summed E-state index contributed by atoms with van der Waals surface area (Å²) >= 11 is 0.892. The molecule has 1 unspecified atom stereocenters. The van der Waals surface area contributed by atoms with Crippen molar-refractivity contribution in [2.24, 2.45) is 12.2 Å². The van der Waals surface area contributed by atoms with Gasteiger partial charge in [0.2, 0.25) is 6.20 Å². The number of benzene rings is 1. The molecule has 3 aromatic rings. The second-order valence-corrected chi connectivity index (χ2v) is 19.9. The first-order valence-electron chi connectivity index (χ1n) is 19.8. The van der Waals surface area contributed by atoms with Gasteiger partial charge in [-0.3, -0.25) is 19.5 Å². The molecule has 3 atom stereocenters. The van der Waals surface area contributed by atoms with Crippen molar-refractivity contribution in [3.05, 3.63) is 47.7 Å². The van der Waals surface area contributed by atoms with Crippen molar-refractivity contribution in [2.75, 3.05) is 18.5 Å². The van der Waals surface area contributed by atoms with Gasteiger partial charge < -0.3 is 34.4 Å². The lowest BCUT2D eigenvalue weighted by atomic mass is 10.0. The Morgan fingerprint density at radius 3 is 2.10 bits per heavy atom. The molecule has 1 fully saturated rings. The predicted molar refractivity (Wildman–Crippen MR) is 229 cm³/mol. The van der Waals surface area contributed by atoms with Crippen LogP contribution in [-0.2, 0) is 57.3 Å². The molecule has 4 N–H and O–H groups in total. The number of aromatic nitrogens is 3. The summed E-state index contributed by atoms with van der Waals surface area (Å²) in [6.07, 6.45) is 3.26. The zero-order valence-corrected chi connectivity index (χ0v) is 39.1. The second-order valence-electron chi connectivity index (χ2n) is 17.8. The molecule has 1 aliphatic heterocycles. The van der Waals surface area contributed by atoms with E-state index >= 15 is 0 Å². The molecule has 1 aliphatic rings. The highest BCUT2D eigenvalue weighted by Crippen LogP contribution is 2.27. The number of nitrogens with one attached hydrogen (secondary N) is 3. The average Bonchev–Trinajstić information content (AvgIpc) is 3.74. The average molecular weight is 922 g/mol. The largest absolute Gasteiger partial charge is 0.489 e. The number of rotatable bonds is 16. The number of carbonyl (C=O) groups excluding carboxylic acids is 5. The van der Waals surface area contributed by atoms with Crippen molar-refractivity contribution >= 4 is 62.5 Å². The minimum atomic E-state index is -4.90. The summed E-state index contributed by atoms with van der Waals surface area (Å²) in [7, 11) is -3.01. The fourth-order valence-electron chi connectivity index (χ4n) is 5.65. The van der Waals surface area contributed by atoms with Crippen molar-refractivity contribution in [2.45, 2.75) is 124 Å². The quantitative estimate of drug-likeness (QED) is 0.0231. The maximum absolute atomic E-state index is 13.8. The van der Waals surface area contributed by atoms with E-state index in [2.05, 4.69) is 26.1 Å². The number of ether oxygens (including phenoxy) is 4. The molecule has 63 heavy (non-hydrogen) atoms. The molecule has 4 amide bonds. The lowest BCUT2D eigenvalue weighted by Crippen LogP contribution is -2.71. The number of amides is 4. The summed E-state index contributed by atoms with van der Waals surface area (Å²) in [6.45, 7) is 18.5. The van der Waals surface area contributed by atoms with Crippen LogP contribution in [0.4, 0.5) is 14.7 Å². The highest BCUT2D eigenvalue weighted by molar-refractivity contribution is 7.84. The zero-order valence-electron chi connectivity index (χ0n) is 37.4. The van der Waals surface area contributed by atoms with Crippen LogP contribution in [-0.4, -0.2) is 110 Å². The van der Waals surface area contributed by atoms with Crippen molar-refractivity contribution in [3.8, 4) is 16.9 Å². The number of carbonyl (C=O) groups is 5. The van der Waals surface area contributed by atoms with Crippen LogP contribution in [0.5, 0.6) is 5.75 Å². The Hall–Kier alpha value is -5.81. The number of nitrogens with zero attached hydrogens (tertiary/aromatic N) is 5. The van der Waals surface area contributed by atoms with Crippen molar-refractivity contribution < 1.29 is 65.4 Å². The van der Waals surface area contributed by atoms with E-state index in [-0.39, 0.29) is 15.1 Å². The Bertz CT molecular complexity index is 2310. The molecule has 346 valence electrons. The third-order valence-corrected chi connectivity index (χ3v) is 10.3. The van der Waals surface area contributed by atoms with E-state index in [9.17, 15) is 36.9 Å². The molecule has 0 radical (unpaired) electrons. The summed E-state index contributed by atoms with van der Waals surface area (Å²) < 4.78 is 59.2. The number of β-lactam (4-membered cyclic amide) rings is 1. The molecular formula is C40H57N8O13S2+. The number of hydrogen-bond donors (Lipinski definition) is 4. The van der Waals surface area contributed by atoms with Crippen LogP contribution < -0.4 is 25.4 Å². The first-order chi connectivity index (χ1) is 28.9. The molecule has 1 aromatic carbocycles. The van der Waals surface area contributed by atoms with E-state index in [1.807, 2.05) is 40.9 Å². The van der Waals surface area contributed by atoms with Gasteiger partial charge in [0, 0.05) is 11.9 Å². The third-order valence-electron chi connectivity index (χ3n) is 8.56. The molecule has 4 rings (SSSR count). The number of esters is 1. The lowest BCUT2D eigenvalue weighted by Gasteiger charge is -2.42. The van der Waals surface area contributed by atoms with Crippen LogP contribution in [0.2, 0.25) is 0 Å². The minimum Gasteiger partial charge on any atom is -0.489 e. The van der Waals surface area contributed by atoms with Gasteiger partial charge in [0.25, 0.3) is 17.4 Å². The molecule has 23 heteroatoms. The normalized spacial score (nSPS) is 16.9. The fourth-order valence-corrected chi connectivity index (χ4v) is 7.21. The van der Waals surface area contributed by atoms with Crippen LogP contribution in [0.25, 0.3) is 11.1 Å². The second kappa shape index (κ2) is 19.3. The number of hydrogen-bond acceptors (Lipinski definition) is 15. The van der Waals surface area contributed by atoms with E-state index < -0.39 is 87.1 Å². The van der Waals surface area contributed by atoms with Gasteiger partial charge >= 0.3 is 28.5 Å². The van der Waals surface area contributed by atoms with Crippen LogP contribution >= 0.6 is 11.3 Å². The van der Waals surface area contributed by atoms with E-state index in [1.54, 1.807) is 74.4 Å². The molecule has 3 heterocycles. The topological polar surface area (TPSA) is 259 Å². The molecule has 0 saturated carbocycles. The monoisotopic (exact) mass is 921 g/mol. The number of alkyl carbamates (subject to hydrolysis) is 1. The number of aryl methyl sites for hydroxylation is 2.